The summed E-state index contributed by atoms with van der Waals surface area (Å²) in [5.41, 5.74) is -1.69. The minimum absolute atomic E-state index is 0.0411. The van der Waals surface area contributed by atoms with Gasteiger partial charge >= 0.3 is 6.18 Å². The van der Waals surface area contributed by atoms with E-state index < -0.39 is 30.4 Å². The van der Waals surface area contributed by atoms with Gasteiger partial charge in [-0.25, -0.2) is 18.2 Å². The molecular weight excluding hydrogens is 462 g/mol. The molecule has 0 saturated heterocycles. The molecule has 1 saturated carbocycles. The molecule has 1 aromatic carbocycles. The van der Waals surface area contributed by atoms with Crippen LogP contribution in [0.15, 0.2) is 42.9 Å². The summed E-state index contributed by atoms with van der Waals surface area (Å²) in [6.07, 6.45) is -4.96. The van der Waals surface area contributed by atoms with Crippen molar-refractivity contribution < 1.29 is 26.3 Å². The molecule has 12 heteroatoms. The van der Waals surface area contributed by atoms with Crippen LogP contribution in [0.1, 0.15) is 18.5 Å². The van der Waals surface area contributed by atoms with Gasteiger partial charge in [0.25, 0.3) is 12.2 Å². The van der Waals surface area contributed by atoms with Gasteiger partial charge in [0.05, 0.1) is 17.4 Å². The van der Waals surface area contributed by atoms with Gasteiger partial charge in [0.2, 0.25) is 0 Å². The predicted octanol–water partition coefficient (Wildman–Crippen LogP) is 4.91. The number of nitrogens with zero attached hydrogens (tertiary/aromatic N) is 6. The zero-order chi connectivity index (χ0) is 24.1. The quantitative estimate of drug-likeness (QED) is 0.310. The molecule has 6 nitrogen and oxygen atoms in total. The van der Waals surface area contributed by atoms with Gasteiger partial charge in [0.1, 0.15) is 29.1 Å². The lowest BCUT2D eigenvalue weighted by Gasteiger charge is -2.25. The molecule has 0 aliphatic heterocycles. The summed E-state index contributed by atoms with van der Waals surface area (Å²) in [6, 6.07) is 6.82. The Balaban J connectivity index is 1.64. The maximum absolute atomic E-state index is 14.9. The average Bonchev–Trinajstić information content (AvgIpc) is 3.45. The molecule has 3 heterocycles. The van der Waals surface area contributed by atoms with Crippen molar-refractivity contribution in [3.63, 3.8) is 0 Å². The minimum atomic E-state index is -4.46. The lowest BCUT2D eigenvalue weighted by atomic mass is 10.1. The number of rotatable bonds is 4. The number of anilines is 2. The van der Waals surface area contributed by atoms with E-state index in [9.17, 15) is 26.3 Å². The molecule has 0 bridgehead atoms. The largest absolute Gasteiger partial charge is 0.405 e. The van der Waals surface area contributed by atoms with Gasteiger partial charge in [-0.1, -0.05) is 12.0 Å². The van der Waals surface area contributed by atoms with Crippen LogP contribution in [0, 0.1) is 23.1 Å². The summed E-state index contributed by atoms with van der Waals surface area (Å²) >= 11 is 0. The highest BCUT2D eigenvalue weighted by Gasteiger charge is 2.62. The standard InChI is InChI=1S/C22H14F6N6/c23-15-2-1-3-16-18(15)19(31-20-32-30-12-34(16)20)33(11-17(24)25)14-5-9-29-13(10-14)4-6-21(7-8-21)22(26,27)28/h1-3,5,9-10,12,17H,7-8,11H2. The fourth-order valence-corrected chi connectivity index (χ4v) is 3.65. The highest BCUT2D eigenvalue weighted by molar-refractivity contribution is 5.94. The summed E-state index contributed by atoms with van der Waals surface area (Å²) in [5, 5.41) is 7.54. The molecular formula is C22H14F6N6. The number of hydrogen-bond donors (Lipinski definition) is 0. The van der Waals surface area contributed by atoms with Gasteiger partial charge in [-0.15, -0.1) is 10.2 Å². The number of hydrogen-bond acceptors (Lipinski definition) is 5. The number of fused-ring (bicyclic) bond motifs is 3. The van der Waals surface area contributed by atoms with Crippen molar-refractivity contribution in [2.45, 2.75) is 25.4 Å². The molecule has 4 aromatic rings. The van der Waals surface area contributed by atoms with Gasteiger partial charge in [0.15, 0.2) is 0 Å². The van der Waals surface area contributed by atoms with Crippen molar-refractivity contribution in [1.82, 2.24) is 24.6 Å². The lowest BCUT2D eigenvalue weighted by Crippen LogP contribution is -2.26. The van der Waals surface area contributed by atoms with Crippen molar-refractivity contribution in [3.05, 3.63) is 54.4 Å². The van der Waals surface area contributed by atoms with E-state index in [1.165, 1.54) is 41.2 Å². The summed E-state index contributed by atoms with van der Waals surface area (Å²) < 4.78 is 83.1. The average molecular weight is 476 g/mol. The molecule has 0 radical (unpaired) electrons. The number of alkyl halides is 5. The van der Waals surface area contributed by atoms with Crippen molar-refractivity contribution >= 4 is 28.2 Å². The van der Waals surface area contributed by atoms with E-state index in [1.54, 1.807) is 6.07 Å². The Morgan fingerprint density at radius 1 is 1.18 bits per heavy atom. The number of pyridine rings is 1. The van der Waals surface area contributed by atoms with Crippen LogP contribution in [0.5, 0.6) is 0 Å². The van der Waals surface area contributed by atoms with Gasteiger partial charge in [0, 0.05) is 11.9 Å². The van der Waals surface area contributed by atoms with E-state index in [4.69, 9.17) is 0 Å². The van der Waals surface area contributed by atoms with Gasteiger partial charge in [-0.05, 0) is 43.0 Å². The molecule has 1 aliphatic carbocycles. The third kappa shape index (κ3) is 3.76. The van der Waals surface area contributed by atoms with Gasteiger partial charge in [-0.2, -0.15) is 18.2 Å². The second-order valence-electron chi connectivity index (χ2n) is 7.80. The third-order valence-corrected chi connectivity index (χ3v) is 5.56. The Kier molecular flexibility index (Phi) is 5.07. The second kappa shape index (κ2) is 7.86. The zero-order valence-corrected chi connectivity index (χ0v) is 17.2. The van der Waals surface area contributed by atoms with Crippen molar-refractivity contribution in [2.24, 2.45) is 5.41 Å². The molecule has 0 spiro atoms. The summed E-state index contributed by atoms with van der Waals surface area (Å²) in [4.78, 5) is 9.26. The number of aromatic nitrogens is 5. The highest BCUT2D eigenvalue weighted by atomic mass is 19.4. The molecule has 174 valence electrons. The van der Waals surface area contributed by atoms with Crippen LogP contribution in [0.4, 0.5) is 37.8 Å². The molecule has 5 rings (SSSR count). The van der Waals surface area contributed by atoms with E-state index in [-0.39, 0.29) is 41.2 Å². The van der Waals surface area contributed by atoms with Gasteiger partial charge in [-0.3, -0.25) is 4.40 Å². The Bertz CT molecular complexity index is 1450. The fourth-order valence-electron chi connectivity index (χ4n) is 3.65. The SMILES string of the molecule is Fc1cccc2c1c(N(CC(F)F)c1ccnc(C#CC3(C(F)(F)F)CC3)c1)nc1nncn12. The number of halogens is 6. The smallest absolute Gasteiger partial charge is 0.320 e. The van der Waals surface area contributed by atoms with E-state index >= 15 is 0 Å². The Labute approximate surface area is 188 Å². The summed E-state index contributed by atoms with van der Waals surface area (Å²) in [7, 11) is 0. The van der Waals surface area contributed by atoms with Crippen LogP contribution >= 0.6 is 0 Å². The molecule has 0 amide bonds. The van der Waals surface area contributed by atoms with E-state index in [0.717, 1.165) is 4.90 Å². The minimum Gasteiger partial charge on any atom is -0.320 e. The fraction of sp³-hybridized carbons (Fsp3) is 0.273. The first-order chi connectivity index (χ1) is 16.2. The first-order valence-electron chi connectivity index (χ1n) is 10.1. The van der Waals surface area contributed by atoms with Crippen LogP contribution in [0.25, 0.3) is 16.7 Å². The first kappa shape index (κ1) is 21.9. The maximum Gasteiger partial charge on any atom is 0.405 e. The van der Waals surface area contributed by atoms with Crippen LogP contribution in [-0.2, 0) is 0 Å². The second-order valence-corrected chi connectivity index (χ2v) is 7.80. The monoisotopic (exact) mass is 476 g/mol. The molecule has 3 aromatic heterocycles. The van der Waals surface area contributed by atoms with E-state index in [0.29, 0.717) is 5.52 Å². The predicted molar refractivity (Wildman–Crippen MR) is 110 cm³/mol. The maximum atomic E-state index is 14.9. The normalized spacial score (nSPS) is 14.9. The van der Waals surface area contributed by atoms with Gasteiger partial charge < -0.3 is 4.90 Å². The zero-order valence-electron chi connectivity index (χ0n) is 17.2. The molecule has 0 N–H and O–H groups in total. The van der Waals surface area contributed by atoms with Crippen molar-refractivity contribution in [2.75, 3.05) is 11.4 Å². The number of benzene rings is 1. The van der Waals surface area contributed by atoms with Crippen molar-refractivity contribution in [1.29, 1.82) is 0 Å². The van der Waals surface area contributed by atoms with Crippen LogP contribution in [0.3, 0.4) is 0 Å². The third-order valence-electron chi connectivity index (χ3n) is 5.56. The lowest BCUT2D eigenvalue weighted by molar-refractivity contribution is -0.168. The van der Waals surface area contributed by atoms with E-state index in [1.807, 2.05) is 0 Å². The van der Waals surface area contributed by atoms with Crippen molar-refractivity contribution in [3.8, 4) is 11.8 Å². The Hall–Kier alpha value is -3.88. The topological polar surface area (TPSA) is 59.2 Å². The molecule has 34 heavy (non-hydrogen) atoms. The van der Waals surface area contributed by atoms with Crippen LogP contribution in [0.2, 0.25) is 0 Å². The Morgan fingerprint density at radius 2 is 1.97 bits per heavy atom. The van der Waals surface area contributed by atoms with E-state index in [2.05, 4.69) is 32.0 Å². The molecule has 1 fully saturated rings. The highest BCUT2D eigenvalue weighted by Crippen LogP contribution is 2.57. The van der Waals surface area contributed by atoms with Crippen LogP contribution < -0.4 is 4.90 Å². The first-order valence-corrected chi connectivity index (χ1v) is 10.1. The molecule has 1 aliphatic rings. The summed E-state index contributed by atoms with van der Waals surface area (Å²) in [5.74, 6) is 3.85. The van der Waals surface area contributed by atoms with Crippen LogP contribution in [-0.4, -0.2) is 43.7 Å². The molecule has 0 atom stereocenters. The Morgan fingerprint density at radius 3 is 2.68 bits per heavy atom. The molecule has 0 unspecified atom stereocenters. The summed E-state index contributed by atoms with van der Waals surface area (Å²) in [6.45, 7) is -0.871.